The third-order valence-corrected chi connectivity index (χ3v) is 5.27. The molecule has 0 fully saturated rings. The predicted octanol–water partition coefficient (Wildman–Crippen LogP) is 12.1. The Bertz CT molecular complexity index is 2030. The van der Waals surface area contributed by atoms with Gasteiger partial charge in [0.1, 0.15) is 11.5 Å². The number of aromatic hydroxyl groups is 2. The summed E-state index contributed by atoms with van der Waals surface area (Å²) < 4.78 is 149. The molecule has 4 rings (SSSR count). The molecule has 0 aromatic heterocycles. The minimum atomic E-state index is -2.28. The molecule has 0 saturated carbocycles. The fraction of sp³-hybridized carbons (Fsp3) is 0.316. The highest BCUT2D eigenvalue weighted by Gasteiger charge is 2.02. The van der Waals surface area contributed by atoms with Gasteiger partial charge in [-0.15, -0.1) is 23.2 Å². The topological polar surface area (TPSA) is 40.5 Å². The zero-order valence-corrected chi connectivity index (χ0v) is 25.1. The molecule has 230 valence electrons. The van der Waals surface area contributed by atoms with Gasteiger partial charge in [0.15, 0.2) is 0 Å². The second-order valence-electron chi connectivity index (χ2n) is 8.22. The molecular weight excluding hydrogens is 559 g/mol. The van der Waals surface area contributed by atoms with Crippen molar-refractivity contribution in [3.63, 3.8) is 0 Å². The Morgan fingerprint density at radius 3 is 1.36 bits per heavy atom. The molecule has 0 spiro atoms. The zero-order chi connectivity index (χ0) is 47.4. The zero-order valence-electron chi connectivity index (χ0n) is 43.6. The molecule has 0 unspecified atom stereocenters. The third kappa shape index (κ3) is 15.1. The number of halogens is 2. The van der Waals surface area contributed by atoms with Gasteiger partial charge in [-0.3, -0.25) is 0 Å². The first-order chi connectivity index (χ1) is 27.2. The summed E-state index contributed by atoms with van der Waals surface area (Å²) in [7, 11) is 0. The molecule has 0 heterocycles. The van der Waals surface area contributed by atoms with Crippen molar-refractivity contribution < 1.29 is 34.9 Å². The number of alkyl halides is 2. The number of benzene rings is 4. The van der Waals surface area contributed by atoms with Gasteiger partial charge in [-0.1, -0.05) is 86.4 Å². The molecule has 0 aliphatic carbocycles. The maximum atomic E-state index is 7.98. The molecule has 4 aromatic carbocycles. The minimum Gasteiger partial charge on any atom is -0.508 e. The fourth-order valence-electron chi connectivity index (χ4n) is 2.67. The monoisotopic (exact) mass is 630 g/mol. The van der Waals surface area contributed by atoms with Gasteiger partial charge in [-0.05, 0) is 124 Å². The van der Waals surface area contributed by atoms with Gasteiger partial charge in [-0.25, -0.2) is 0 Å². The summed E-state index contributed by atoms with van der Waals surface area (Å²) in [5.41, 5.74) is 3.39. The van der Waals surface area contributed by atoms with Crippen molar-refractivity contribution in [2.45, 2.75) is 81.9 Å². The van der Waals surface area contributed by atoms with Crippen LogP contribution < -0.4 is 0 Å². The lowest BCUT2D eigenvalue weighted by Gasteiger charge is -2.07. The Morgan fingerprint density at radius 2 is 1.02 bits per heavy atom. The van der Waals surface area contributed by atoms with E-state index >= 15 is 0 Å². The molecule has 0 atom stereocenters. The number of allylic oxidation sites excluding steroid dienone is 1. The van der Waals surface area contributed by atoms with Gasteiger partial charge in [0.2, 0.25) is 0 Å². The van der Waals surface area contributed by atoms with Crippen LogP contribution in [0.4, 0.5) is 0 Å². The Hall–Kier alpha value is -3.20. The highest BCUT2D eigenvalue weighted by molar-refractivity contribution is 6.17. The Labute approximate surface area is 295 Å². The van der Waals surface area contributed by atoms with Crippen molar-refractivity contribution in [2.24, 2.45) is 0 Å². The molecule has 0 radical (unpaired) electrons. The van der Waals surface area contributed by atoms with E-state index in [9.17, 15) is 0 Å². The first-order valence-electron chi connectivity index (χ1n) is 21.6. The summed E-state index contributed by atoms with van der Waals surface area (Å²) in [4.78, 5) is 0. The summed E-state index contributed by atoms with van der Waals surface area (Å²) in [6.07, 6.45) is 0. The molecule has 4 aromatic rings. The quantitative estimate of drug-likeness (QED) is 0.170. The summed E-state index contributed by atoms with van der Waals surface area (Å²) in [5, 5.41) is 7.91. The number of hydrogen-bond acceptors (Lipinski definition) is 2. The first-order valence-corrected chi connectivity index (χ1v) is 12.5. The number of hydrogen-bond donors (Lipinski definition) is 2. The van der Waals surface area contributed by atoms with Gasteiger partial charge >= 0.3 is 0 Å². The van der Waals surface area contributed by atoms with Crippen molar-refractivity contribution in [1.29, 1.82) is 2.86 Å². The molecule has 0 amide bonds. The SMILES string of the molecule is C.C.[2H]/C(C)=C(/[2H])c1c([2H])c(C)c(C)c([2H])c1C.[2H]Oc1c([2H])c([2H])c(O[2H])c([2H])c1[2H].[2H]c1c(C)c(C([2H])([2H])Cl)c([2H])c(C)c1C([2H])([2H])Cl.[2H]c1c([2H])c(C)c([2H])c([2H])c1C. The van der Waals surface area contributed by atoms with Crippen LogP contribution in [-0.4, -0.2) is 13.1 Å². The summed E-state index contributed by atoms with van der Waals surface area (Å²) in [6, 6.07) is -1.54. The van der Waals surface area contributed by atoms with Crippen LogP contribution in [0.25, 0.3) is 6.05 Å². The van der Waals surface area contributed by atoms with E-state index in [1.54, 1.807) is 27.7 Å². The van der Waals surface area contributed by atoms with E-state index in [0.29, 0.717) is 28.3 Å². The van der Waals surface area contributed by atoms with E-state index in [2.05, 4.69) is 10.2 Å². The van der Waals surface area contributed by atoms with Crippen LogP contribution in [0.2, 0.25) is 0 Å². The standard InChI is InChI=1S/C12H16.C10H12Cl2.C8H10.C6H6O2.2CH4/c1-5-6-12-8-10(3)9(2)7-11(12)4;1-7-3-10(6-12)8(2)4-9(7)5-11;1-7-3-5-8(2)6-4-7;7-5-1-2-6(8)4-3-5;;/h5-8H,1-4H3;3-4H,5-6H2,1-2H3;3-6H,1-2H3;1-4,7-8H;2*1H4/b6-5+;;;;;/i5D,6D,7D,8D;3D,4D,5D2,6D2;3D,4D,5D,6D;1D,2D,3D,4D;;/hD2. The maximum absolute atomic E-state index is 7.98. The smallest absolute Gasteiger partial charge is 0.293 e. The van der Waals surface area contributed by atoms with Crippen LogP contribution in [0.1, 0.15) is 102 Å². The minimum absolute atomic E-state index is 0. The lowest BCUT2D eigenvalue weighted by molar-refractivity contribution is 0.460. The fourth-order valence-corrected chi connectivity index (χ4v) is 3.04. The summed E-state index contributed by atoms with van der Waals surface area (Å²) in [5.74, 6) is -5.53. The van der Waals surface area contributed by atoms with Gasteiger partial charge < -0.3 is 10.2 Å². The molecule has 4 heteroatoms. The molecular formula is C38H52Cl2O2. The molecule has 0 bridgehead atoms. The second kappa shape index (κ2) is 21.5. The van der Waals surface area contributed by atoms with Crippen molar-refractivity contribution in [1.82, 2.24) is 0 Å². The van der Waals surface area contributed by atoms with Crippen LogP contribution >= 0.6 is 23.2 Å². The molecule has 0 saturated heterocycles. The van der Waals surface area contributed by atoms with Crippen LogP contribution in [0, 0.1) is 48.5 Å². The Morgan fingerprint density at radius 1 is 0.643 bits per heavy atom. The van der Waals surface area contributed by atoms with E-state index in [-0.39, 0.29) is 91.5 Å². The lowest BCUT2D eigenvalue weighted by atomic mass is 10.0. The Kier molecular flexibility index (Phi) is 8.79. The molecule has 2 nitrogen and oxygen atoms in total. The Balaban J connectivity index is 0. The van der Waals surface area contributed by atoms with Crippen molar-refractivity contribution in [3.8, 4) is 11.5 Å². The van der Waals surface area contributed by atoms with E-state index in [1.807, 2.05) is 6.92 Å². The number of phenols is 2. The van der Waals surface area contributed by atoms with E-state index in [1.165, 1.54) is 20.8 Å². The maximum Gasteiger partial charge on any atom is 0.293 e. The highest BCUT2D eigenvalue weighted by atomic mass is 35.5. The molecule has 2 N–H and O–H groups in total. The second-order valence-corrected chi connectivity index (χ2v) is 8.60. The first kappa shape index (κ1) is 17.2. The van der Waals surface area contributed by atoms with Crippen molar-refractivity contribution >= 4 is 29.3 Å². The van der Waals surface area contributed by atoms with Gasteiger partial charge in [0.05, 0.1) is 19.2 Å². The number of phenolic OH excluding ortho intramolecular Hbond substituents is 2. The van der Waals surface area contributed by atoms with E-state index in [0.717, 1.165) is 11.1 Å². The van der Waals surface area contributed by atoms with Gasteiger partial charge in [0.25, 0.3) is 2.86 Å². The number of rotatable bonds is 5. The van der Waals surface area contributed by atoms with E-state index in [4.69, 9.17) is 50.7 Å². The molecule has 42 heavy (non-hydrogen) atoms. The average Bonchev–Trinajstić information content (AvgIpc) is 3.15. The van der Waals surface area contributed by atoms with Gasteiger partial charge in [-0.2, -0.15) is 0 Å². The van der Waals surface area contributed by atoms with Crippen LogP contribution in [-0.2, 0) is 11.7 Å². The average molecular weight is 632 g/mol. The molecule has 0 aliphatic rings. The lowest BCUT2D eigenvalue weighted by Crippen LogP contribution is -1.91. The summed E-state index contributed by atoms with van der Waals surface area (Å²) in [6.45, 7) is 12.9. The normalized spacial score (nSPS) is 17.3. The predicted molar refractivity (Wildman–Crippen MR) is 190 cm³/mol. The van der Waals surface area contributed by atoms with E-state index < -0.39 is 47.3 Å². The highest BCUT2D eigenvalue weighted by Crippen LogP contribution is 2.19. The van der Waals surface area contributed by atoms with Gasteiger partial charge in [0, 0.05) is 17.1 Å². The van der Waals surface area contributed by atoms with Crippen molar-refractivity contribution in [2.75, 3.05) is 0 Å². The van der Waals surface area contributed by atoms with Crippen LogP contribution in [0.5, 0.6) is 11.5 Å². The van der Waals surface area contributed by atoms with Crippen LogP contribution in [0.3, 0.4) is 0 Å². The van der Waals surface area contributed by atoms with Crippen LogP contribution in [0.15, 0.2) is 78.6 Å². The molecule has 0 aliphatic heterocycles. The third-order valence-electron chi connectivity index (χ3n) is 4.89. The summed E-state index contributed by atoms with van der Waals surface area (Å²) >= 11 is 11.2. The van der Waals surface area contributed by atoms with Crippen molar-refractivity contribution in [3.05, 3.63) is 134 Å². The largest absolute Gasteiger partial charge is 0.508 e.